The van der Waals surface area contributed by atoms with Crippen molar-refractivity contribution in [2.45, 2.75) is 39.7 Å². The van der Waals surface area contributed by atoms with E-state index in [0.29, 0.717) is 5.69 Å². The number of anilines is 1. The lowest BCUT2D eigenvalue weighted by molar-refractivity contribution is 0.512. The van der Waals surface area contributed by atoms with Gasteiger partial charge in [-0.3, -0.25) is 9.48 Å². The zero-order chi connectivity index (χ0) is 14.7. The van der Waals surface area contributed by atoms with Crippen molar-refractivity contribution < 1.29 is 0 Å². The minimum absolute atomic E-state index is 0.121. The topological polar surface area (TPSA) is 53.0 Å². The van der Waals surface area contributed by atoms with Gasteiger partial charge in [0.15, 0.2) is 0 Å². The molecule has 0 aliphatic heterocycles. The van der Waals surface area contributed by atoms with Crippen molar-refractivity contribution in [3.05, 3.63) is 44.8 Å². The van der Waals surface area contributed by atoms with Crippen LogP contribution in [0.2, 0.25) is 0 Å². The van der Waals surface area contributed by atoms with Crippen LogP contribution < -0.4 is 11.3 Å². The second kappa shape index (κ2) is 6.31. The highest BCUT2D eigenvalue weighted by molar-refractivity contribution is 9.10. The summed E-state index contributed by atoms with van der Waals surface area (Å²) in [5.41, 5.74) is 8.08. The summed E-state index contributed by atoms with van der Waals surface area (Å²) < 4.78 is 4.70. The summed E-state index contributed by atoms with van der Waals surface area (Å²) in [6, 6.07) is 7.71. The number of halogens is 1. The number of rotatable bonds is 5. The molecule has 4 nitrogen and oxygen atoms in total. The van der Waals surface area contributed by atoms with Crippen LogP contribution in [0.5, 0.6) is 0 Å². The fourth-order valence-electron chi connectivity index (χ4n) is 2.39. The summed E-state index contributed by atoms with van der Waals surface area (Å²) in [5.74, 6) is 0. The summed E-state index contributed by atoms with van der Waals surface area (Å²) in [7, 11) is 0. The van der Waals surface area contributed by atoms with Crippen LogP contribution in [0.1, 0.15) is 32.4 Å². The molecule has 0 radical (unpaired) electrons. The lowest BCUT2D eigenvalue weighted by Gasteiger charge is -2.14. The lowest BCUT2D eigenvalue weighted by Crippen LogP contribution is -2.22. The second-order valence-corrected chi connectivity index (χ2v) is 5.74. The molecule has 0 fully saturated rings. The van der Waals surface area contributed by atoms with Gasteiger partial charge < -0.3 is 5.73 Å². The molecular formula is C15H20BrN3O. The number of nitrogens with two attached hydrogens (primary N) is 1. The van der Waals surface area contributed by atoms with Gasteiger partial charge in [0, 0.05) is 11.0 Å². The first-order valence-corrected chi connectivity index (χ1v) is 7.75. The molecule has 2 rings (SSSR count). The van der Waals surface area contributed by atoms with Crippen molar-refractivity contribution in [3.8, 4) is 5.69 Å². The Bertz CT molecular complexity index is 640. The predicted molar refractivity (Wildman–Crippen MR) is 86.4 cm³/mol. The molecule has 0 aliphatic rings. The standard InChI is InChI=1S/C15H20BrN3O/c1-3-5-13-14(17)15(20)19(18(13)10-4-2)12-8-6-11(16)7-9-12/h6-9H,3-5,10,17H2,1-2H3. The molecule has 2 aromatic rings. The van der Waals surface area contributed by atoms with E-state index < -0.39 is 0 Å². The first-order chi connectivity index (χ1) is 9.60. The summed E-state index contributed by atoms with van der Waals surface area (Å²) in [6.45, 7) is 4.98. The predicted octanol–water partition coefficient (Wildman–Crippen LogP) is 3.35. The average molecular weight is 338 g/mol. The molecule has 2 N–H and O–H groups in total. The quantitative estimate of drug-likeness (QED) is 0.909. The molecule has 108 valence electrons. The molecule has 5 heteroatoms. The largest absolute Gasteiger partial charge is 0.393 e. The van der Waals surface area contributed by atoms with Crippen molar-refractivity contribution in [1.29, 1.82) is 0 Å². The molecule has 1 aromatic carbocycles. The van der Waals surface area contributed by atoms with Gasteiger partial charge >= 0.3 is 0 Å². The van der Waals surface area contributed by atoms with E-state index in [9.17, 15) is 4.79 Å². The highest BCUT2D eigenvalue weighted by Gasteiger charge is 2.17. The van der Waals surface area contributed by atoms with Crippen molar-refractivity contribution in [2.24, 2.45) is 0 Å². The van der Waals surface area contributed by atoms with Crippen molar-refractivity contribution in [1.82, 2.24) is 9.36 Å². The Labute approximate surface area is 127 Å². The third kappa shape index (κ3) is 2.68. The minimum Gasteiger partial charge on any atom is -0.393 e. The molecule has 0 aliphatic carbocycles. The van der Waals surface area contributed by atoms with Crippen molar-refractivity contribution in [2.75, 3.05) is 5.73 Å². The Morgan fingerprint density at radius 2 is 1.80 bits per heavy atom. The van der Waals surface area contributed by atoms with Crippen LogP contribution in [0.4, 0.5) is 5.69 Å². The smallest absolute Gasteiger partial charge is 0.294 e. The van der Waals surface area contributed by atoms with Crippen molar-refractivity contribution >= 4 is 21.6 Å². The van der Waals surface area contributed by atoms with Gasteiger partial charge in [0.2, 0.25) is 0 Å². The molecule has 0 spiro atoms. The maximum absolute atomic E-state index is 12.5. The van der Waals surface area contributed by atoms with Gasteiger partial charge in [0.25, 0.3) is 5.56 Å². The van der Waals surface area contributed by atoms with E-state index in [1.165, 1.54) is 0 Å². The molecule has 0 saturated carbocycles. The number of hydrogen-bond donors (Lipinski definition) is 1. The van der Waals surface area contributed by atoms with Gasteiger partial charge in [0.1, 0.15) is 5.69 Å². The van der Waals surface area contributed by atoms with Gasteiger partial charge in [-0.25, -0.2) is 4.68 Å². The van der Waals surface area contributed by atoms with E-state index in [2.05, 4.69) is 29.8 Å². The molecule has 0 bridgehead atoms. The van der Waals surface area contributed by atoms with E-state index >= 15 is 0 Å². The van der Waals surface area contributed by atoms with Crippen LogP contribution in [0, 0.1) is 0 Å². The summed E-state index contributed by atoms with van der Waals surface area (Å²) in [6.07, 6.45) is 2.75. The van der Waals surface area contributed by atoms with Gasteiger partial charge in [-0.15, -0.1) is 0 Å². The first kappa shape index (κ1) is 14.9. The number of nitrogens with zero attached hydrogens (tertiary/aromatic N) is 2. The number of nitrogen functional groups attached to an aromatic ring is 1. The van der Waals surface area contributed by atoms with E-state index in [-0.39, 0.29) is 5.56 Å². The summed E-state index contributed by atoms with van der Waals surface area (Å²) >= 11 is 3.41. The average Bonchev–Trinajstić information content (AvgIpc) is 2.66. The highest BCUT2D eigenvalue weighted by Crippen LogP contribution is 2.18. The molecule has 0 atom stereocenters. The second-order valence-electron chi connectivity index (χ2n) is 4.83. The zero-order valence-electron chi connectivity index (χ0n) is 11.9. The van der Waals surface area contributed by atoms with Crippen LogP contribution in [-0.4, -0.2) is 9.36 Å². The van der Waals surface area contributed by atoms with Gasteiger partial charge in [-0.05, 0) is 37.1 Å². The van der Waals surface area contributed by atoms with Gasteiger partial charge in [-0.2, -0.15) is 0 Å². The molecular weight excluding hydrogens is 318 g/mol. The van der Waals surface area contributed by atoms with E-state index in [0.717, 1.165) is 41.7 Å². The minimum atomic E-state index is -0.121. The molecule has 0 amide bonds. The SMILES string of the molecule is CCCc1c(N)c(=O)n(-c2ccc(Br)cc2)n1CCC. The number of hydrogen-bond acceptors (Lipinski definition) is 2. The highest BCUT2D eigenvalue weighted by atomic mass is 79.9. The van der Waals surface area contributed by atoms with Crippen LogP contribution in [0.25, 0.3) is 5.69 Å². The van der Waals surface area contributed by atoms with Gasteiger partial charge in [-0.1, -0.05) is 36.2 Å². The normalized spacial score (nSPS) is 10.9. The Hall–Kier alpha value is -1.49. The van der Waals surface area contributed by atoms with Crippen LogP contribution in [0.3, 0.4) is 0 Å². The number of aromatic nitrogens is 2. The van der Waals surface area contributed by atoms with E-state index in [4.69, 9.17) is 5.73 Å². The fraction of sp³-hybridized carbons (Fsp3) is 0.400. The fourth-order valence-corrected chi connectivity index (χ4v) is 2.66. The number of benzene rings is 1. The Kier molecular flexibility index (Phi) is 4.70. The van der Waals surface area contributed by atoms with Crippen LogP contribution >= 0.6 is 15.9 Å². The zero-order valence-corrected chi connectivity index (χ0v) is 13.5. The monoisotopic (exact) mass is 337 g/mol. The molecule has 1 aromatic heterocycles. The molecule has 0 unspecified atom stereocenters. The lowest BCUT2D eigenvalue weighted by atomic mass is 10.2. The maximum Gasteiger partial charge on any atom is 0.294 e. The molecule has 0 saturated heterocycles. The summed E-state index contributed by atoms with van der Waals surface area (Å²) in [5, 5.41) is 0. The Morgan fingerprint density at radius 3 is 2.35 bits per heavy atom. The first-order valence-electron chi connectivity index (χ1n) is 6.96. The third-order valence-corrected chi connectivity index (χ3v) is 3.81. The van der Waals surface area contributed by atoms with Crippen LogP contribution in [-0.2, 0) is 13.0 Å². The van der Waals surface area contributed by atoms with Gasteiger partial charge in [0.05, 0.1) is 11.4 Å². The Morgan fingerprint density at radius 1 is 1.15 bits per heavy atom. The van der Waals surface area contributed by atoms with E-state index in [1.807, 2.05) is 28.9 Å². The molecule has 1 heterocycles. The van der Waals surface area contributed by atoms with Crippen molar-refractivity contribution in [3.63, 3.8) is 0 Å². The maximum atomic E-state index is 12.5. The third-order valence-electron chi connectivity index (χ3n) is 3.28. The molecule has 20 heavy (non-hydrogen) atoms. The summed E-state index contributed by atoms with van der Waals surface area (Å²) in [4.78, 5) is 12.5. The Balaban J connectivity index is 2.64. The van der Waals surface area contributed by atoms with Crippen LogP contribution in [0.15, 0.2) is 33.5 Å². The van der Waals surface area contributed by atoms with E-state index in [1.54, 1.807) is 4.68 Å².